The van der Waals surface area contributed by atoms with E-state index in [1.807, 2.05) is 0 Å². The monoisotopic (exact) mass is 1070 g/mol. The van der Waals surface area contributed by atoms with Gasteiger partial charge in [-0.3, -0.25) is 0 Å². The van der Waals surface area contributed by atoms with Gasteiger partial charge in [0.1, 0.15) is 0 Å². The van der Waals surface area contributed by atoms with Gasteiger partial charge in [-0.05, 0) is 0 Å². The van der Waals surface area contributed by atoms with Crippen molar-refractivity contribution in [3.8, 4) is 33.4 Å². The van der Waals surface area contributed by atoms with E-state index in [1.54, 1.807) is 6.58 Å². The van der Waals surface area contributed by atoms with Crippen LogP contribution in [0.5, 0.6) is 0 Å². The minimum atomic E-state index is -3.22. The van der Waals surface area contributed by atoms with Crippen LogP contribution in [0.25, 0.3) is 33.4 Å². The second-order valence-electron chi connectivity index (χ2n) is 16.8. The number of halogens is 4. The van der Waals surface area contributed by atoms with Crippen LogP contribution in [0.3, 0.4) is 0 Å². The fourth-order valence-electron chi connectivity index (χ4n) is 8.46. The minimum Gasteiger partial charge on any atom is -1.00 e. The molecule has 0 heterocycles. The number of fused-ring (bicyclic) bond motifs is 3. The molecule has 0 fully saturated rings. The summed E-state index contributed by atoms with van der Waals surface area (Å²) in [7, 11) is 0. The molecular formula is C51H46Br2Cl2Hf. The summed E-state index contributed by atoms with van der Waals surface area (Å²) in [5.74, 6) is 0. The molecule has 0 radical (unpaired) electrons. The zero-order chi connectivity index (χ0) is 37.8. The van der Waals surface area contributed by atoms with Gasteiger partial charge >= 0.3 is 349 Å². The Morgan fingerprint density at radius 3 is 1.30 bits per heavy atom. The molecule has 0 aromatic heterocycles. The largest absolute Gasteiger partial charge is 1.00 e. The number of hydrogen-bond donors (Lipinski definition) is 0. The van der Waals surface area contributed by atoms with E-state index in [0.29, 0.717) is 3.67 Å². The Morgan fingerprint density at radius 2 is 0.946 bits per heavy atom. The molecule has 0 spiro atoms. The summed E-state index contributed by atoms with van der Waals surface area (Å²) in [6.45, 7) is 14.2. The second kappa shape index (κ2) is 17.1. The Bertz CT molecular complexity index is 2310. The smallest absolute Gasteiger partial charge is 1.00 e. The van der Waals surface area contributed by atoms with Gasteiger partial charge in [0.2, 0.25) is 0 Å². The van der Waals surface area contributed by atoms with Crippen molar-refractivity contribution in [1.82, 2.24) is 0 Å². The van der Waals surface area contributed by atoms with Crippen molar-refractivity contribution in [1.29, 1.82) is 0 Å². The van der Waals surface area contributed by atoms with Crippen LogP contribution >= 0.6 is 31.9 Å². The van der Waals surface area contributed by atoms with Crippen molar-refractivity contribution < 1.29 is 45.8 Å². The molecule has 0 aliphatic heterocycles. The maximum Gasteiger partial charge on any atom is -1.00 e. The topological polar surface area (TPSA) is 0 Å². The van der Waals surface area contributed by atoms with Gasteiger partial charge in [0.25, 0.3) is 0 Å². The van der Waals surface area contributed by atoms with Crippen molar-refractivity contribution in [2.75, 3.05) is 0 Å². The molecule has 5 heteroatoms. The van der Waals surface area contributed by atoms with Gasteiger partial charge in [-0.2, -0.15) is 0 Å². The normalized spacial score (nSPS) is 13.2. The molecule has 2 aliphatic carbocycles. The molecule has 56 heavy (non-hydrogen) atoms. The first-order chi connectivity index (χ1) is 25.9. The van der Waals surface area contributed by atoms with E-state index >= 15 is 0 Å². The third-order valence-electron chi connectivity index (χ3n) is 11.0. The number of benzene rings is 6. The van der Waals surface area contributed by atoms with Gasteiger partial charge in [0.15, 0.2) is 0 Å². The van der Waals surface area contributed by atoms with E-state index in [1.165, 1.54) is 66.8 Å². The van der Waals surface area contributed by atoms with E-state index in [-0.39, 0.29) is 35.6 Å². The van der Waals surface area contributed by atoms with Crippen LogP contribution in [-0.4, -0.2) is 3.26 Å². The first kappa shape index (κ1) is 42.7. The fourth-order valence-corrected chi connectivity index (χ4v) is 22.1. The van der Waals surface area contributed by atoms with E-state index in [2.05, 4.69) is 225 Å². The Hall–Kier alpha value is -2.92. The molecule has 0 bridgehead atoms. The molecule has 0 saturated heterocycles. The quantitative estimate of drug-likeness (QED) is 0.146. The van der Waals surface area contributed by atoms with Crippen LogP contribution < -0.4 is 24.8 Å². The second-order valence-corrected chi connectivity index (χ2v) is 27.7. The van der Waals surface area contributed by atoms with Gasteiger partial charge in [0.05, 0.1) is 0 Å². The number of hydrogen-bond acceptors (Lipinski definition) is 0. The van der Waals surface area contributed by atoms with E-state index in [4.69, 9.17) is 0 Å². The molecule has 0 atom stereocenters. The van der Waals surface area contributed by atoms with Gasteiger partial charge in [-0.1, -0.05) is 0 Å². The molecule has 2 aliphatic rings. The fraction of sp³-hybridized carbons (Fsp3) is 0.196. The average molecular weight is 1070 g/mol. The summed E-state index contributed by atoms with van der Waals surface area (Å²) in [5.41, 5.74) is 16.6. The third-order valence-corrected chi connectivity index (χ3v) is 24.2. The van der Waals surface area contributed by atoms with E-state index < -0.39 is 21.0 Å². The molecular weight excluding hydrogens is 1020 g/mol. The molecule has 282 valence electrons. The summed E-state index contributed by atoms with van der Waals surface area (Å²) in [4.78, 5) is 0. The van der Waals surface area contributed by atoms with Crippen LogP contribution in [0.4, 0.5) is 0 Å². The zero-order valence-electron chi connectivity index (χ0n) is 32.7. The van der Waals surface area contributed by atoms with Crippen molar-refractivity contribution in [2.45, 2.75) is 62.5 Å². The molecule has 0 amide bonds. The predicted octanol–water partition coefficient (Wildman–Crippen LogP) is 8.95. The summed E-state index contributed by atoms with van der Waals surface area (Å²) in [6, 6.07) is 50.9. The summed E-state index contributed by atoms with van der Waals surface area (Å²) in [5, 5.41) is 0. The van der Waals surface area contributed by atoms with E-state index in [9.17, 15) is 0 Å². The average Bonchev–Trinajstić information content (AvgIpc) is 3.80. The molecule has 0 nitrogen and oxygen atoms in total. The summed E-state index contributed by atoms with van der Waals surface area (Å²) in [6.07, 6.45) is 8.21. The third kappa shape index (κ3) is 8.32. The Balaban J connectivity index is 0.00000266. The van der Waals surface area contributed by atoms with Crippen LogP contribution in [0.1, 0.15) is 85.0 Å². The summed E-state index contributed by atoms with van der Waals surface area (Å²) < 4.78 is 5.74. The Morgan fingerprint density at radius 1 is 0.536 bits per heavy atom. The predicted molar refractivity (Wildman–Crippen MR) is 235 cm³/mol. The molecule has 6 aromatic rings. The Kier molecular flexibility index (Phi) is 13.1. The summed E-state index contributed by atoms with van der Waals surface area (Å²) >= 11 is 4.30. The molecule has 8 rings (SSSR count). The van der Waals surface area contributed by atoms with Crippen LogP contribution in [-0.2, 0) is 31.8 Å². The molecule has 6 aromatic carbocycles. The maximum absolute atomic E-state index is 3.76. The van der Waals surface area contributed by atoms with E-state index in [0.717, 1.165) is 15.4 Å². The van der Waals surface area contributed by atoms with Gasteiger partial charge in [0, 0.05) is 0 Å². The standard InChI is InChI=1S/C33H33.C13H8Br2.C5H5.2ClH.Hf/c1-32(2,3)30-20-26-24(18-28(30)22-13-9-7-10-14-22)17-25-19-29(23-15-11-8-12-16-23)31(21-27(25)26)33(4,5)6;14-12-5-1-10(2-6-12)9-11-3-7-13(15)8-4-11;1-2-4-5-3-1;;;/h7-21H,1-6H3;1-8H;1-3H,4H2;2*1H;/q;;;;;+2/p-2. The first-order valence-electron chi connectivity index (χ1n) is 19.0. The van der Waals surface area contributed by atoms with Gasteiger partial charge < -0.3 is 24.8 Å². The van der Waals surface area contributed by atoms with Crippen molar-refractivity contribution >= 4 is 35.1 Å². The SMILES string of the molecule is CC(C)(C)c1cc2c(cc1-c1ccccc1)[CH]([Hf+2]([C]1=CC=CC1)=[C](c1ccc(Br)cc1)c1ccc(Br)cc1)c1cc(-c3ccccc3)c(C(C)(C)C)cc1-2.[Cl-].[Cl-]. The van der Waals surface area contributed by atoms with Crippen molar-refractivity contribution in [3.63, 3.8) is 0 Å². The first-order valence-corrected chi connectivity index (χ1v) is 26.2. The Labute approximate surface area is 370 Å². The molecule has 0 saturated carbocycles. The number of rotatable bonds is 6. The maximum atomic E-state index is 3.76. The molecule has 0 unspecified atom stereocenters. The van der Waals surface area contributed by atoms with Crippen molar-refractivity contribution in [3.05, 3.63) is 197 Å². The van der Waals surface area contributed by atoms with Crippen molar-refractivity contribution in [2.24, 2.45) is 0 Å². The minimum absolute atomic E-state index is 0. The van der Waals surface area contributed by atoms with Gasteiger partial charge in [-0.25, -0.2) is 0 Å². The molecule has 0 N–H and O–H groups in total. The van der Waals surface area contributed by atoms with Crippen LogP contribution in [0.15, 0.2) is 164 Å². The van der Waals surface area contributed by atoms with Crippen LogP contribution in [0.2, 0.25) is 0 Å². The zero-order valence-corrected chi connectivity index (χ0v) is 41.0. The number of allylic oxidation sites excluding steroid dienone is 4. The van der Waals surface area contributed by atoms with Gasteiger partial charge in [-0.15, -0.1) is 0 Å². The van der Waals surface area contributed by atoms with Crippen LogP contribution in [0, 0.1) is 0 Å².